The molecule has 0 atom stereocenters. The van der Waals surface area contributed by atoms with Crippen molar-refractivity contribution in [2.75, 3.05) is 20.8 Å². The first-order valence-electron chi connectivity index (χ1n) is 7.74. The Morgan fingerprint density at radius 3 is 2.50 bits per heavy atom. The van der Waals surface area contributed by atoms with Gasteiger partial charge in [0.05, 0.1) is 30.5 Å². The molecule has 2 rings (SSSR count). The number of hydrogen-bond donors (Lipinski definition) is 2. The van der Waals surface area contributed by atoms with Crippen LogP contribution in [0.5, 0.6) is 17.2 Å². The van der Waals surface area contributed by atoms with Gasteiger partial charge in [0, 0.05) is 4.47 Å². The molecule has 0 fully saturated rings. The largest absolute Gasteiger partial charge is 0.496 e. The third-order valence-electron chi connectivity index (χ3n) is 3.38. The second-order valence-corrected chi connectivity index (χ2v) is 7.03. The van der Waals surface area contributed by atoms with Crippen LogP contribution >= 0.6 is 31.9 Å². The number of ether oxygens (including phenoxy) is 3. The Kier molecular flexibility index (Phi) is 7.82. The van der Waals surface area contributed by atoms with Crippen molar-refractivity contribution in [2.24, 2.45) is 5.10 Å². The molecule has 10 heteroatoms. The fourth-order valence-electron chi connectivity index (χ4n) is 2.17. The number of halogens is 2. The second kappa shape index (κ2) is 10.1. The van der Waals surface area contributed by atoms with Crippen molar-refractivity contribution in [3.63, 3.8) is 0 Å². The minimum Gasteiger partial charge on any atom is -0.496 e. The van der Waals surface area contributed by atoms with Gasteiger partial charge in [-0.15, -0.1) is 0 Å². The highest BCUT2D eigenvalue weighted by molar-refractivity contribution is 9.10. The zero-order valence-electron chi connectivity index (χ0n) is 14.9. The number of nitrogens with one attached hydrogen (secondary N) is 1. The predicted molar refractivity (Wildman–Crippen MR) is 110 cm³/mol. The molecule has 2 aromatic rings. The molecule has 0 saturated heterocycles. The molecule has 0 aliphatic heterocycles. The van der Waals surface area contributed by atoms with E-state index < -0.39 is 18.5 Å². The fourth-order valence-corrected chi connectivity index (χ4v) is 3.11. The molecule has 0 radical (unpaired) electrons. The van der Waals surface area contributed by atoms with Gasteiger partial charge in [-0.3, -0.25) is 4.79 Å². The summed E-state index contributed by atoms with van der Waals surface area (Å²) < 4.78 is 16.8. The lowest BCUT2D eigenvalue weighted by molar-refractivity contribution is -0.139. The Morgan fingerprint density at radius 1 is 1.14 bits per heavy atom. The van der Waals surface area contributed by atoms with Crippen molar-refractivity contribution in [1.82, 2.24) is 5.43 Å². The van der Waals surface area contributed by atoms with Gasteiger partial charge < -0.3 is 19.3 Å². The maximum Gasteiger partial charge on any atom is 0.341 e. The summed E-state index contributed by atoms with van der Waals surface area (Å²) in [5, 5.41) is 12.7. The van der Waals surface area contributed by atoms with E-state index in [2.05, 4.69) is 42.4 Å². The molecule has 0 saturated carbocycles. The van der Waals surface area contributed by atoms with Crippen LogP contribution in [0.1, 0.15) is 15.9 Å². The van der Waals surface area contributed by atoms with Crippen LogP contribution in [0.2, 0.25) is 0 Å². The quantitative estimate of drug-likeness (QED) is 0.412. The van der Waals surface area contributed by atoms with E-state index in [9.17, 15) is 9.59 Å². The standard InChI is InChI=1S/C18H16Br2N2O6/c1-26-14-4-3-11(19)7-12(14)18(25)22-21-8-10-5-13(20)17(15(6-10)27-2)28-9-16(23)24/h3-8H,9H2,1-2H3,(H,22,25)(H,23,24)/b21-8-. The van der Waals surface area contributed by atoms with Crippen molar-refractivity contribution >= 4 is 50.0 Å². The van der Waals surface area contributed by atoms with Gasteiger partial charge in [-0.1, -0.05) is 15.9 Å². The molecule has 1 amide bonds. The van der Waals surface area contributed by atoms with Crippen molar-refractivity contribution in [3.05, 3.63) is 50.4 Å². The molecule has 0 bridgehead atoms. The SMILES string of the molecule is COc1ccc(Br)cc1C(=O)N/N=C\c1cc(Br)c(OCC(=O)O)c(OC)c1. The van der Waals surface area contributed by atoms with E-state index in [-0.39, 0.29) is 5.75 Å². The van der Waals surface area contributed by atoms with Crippen LogP contribution in [-0.4, -0.2) is 44.0 Å². The van der Waals surface area contributed by atoms with E-state index in [4.69, 9.17) is 19.3 Å². The van der Waals surface area contributed by atoms with Crippen molar-refractivity contribution < 1.29 is 28.9 Å². The summed E-state index contributed by atoms with van der Waals surface area (Å²) in [6.07, 6.45) is 1.41. The summed E-state index contributed by atoms with van der Waals surface area (Å²) in [6, 6.07) is 8.29. The number of hydrogen-bond acceptors (Lipinski definition) is 6. The monoisotopic (exact) mass is 514 g/mol. The Bertz CT molecular complexity index is 917. The molecule has 28 heavy (non-hydrogen) atoms. The van der Waals surface area contributed by atoms with E-state index in [0.717, 1.165) is 4.47 Å². The lowest BCUT2D eigenvalue weighted by Crippen LogP contribution is -2.18. The number of carboxylic acids is 1. The van der Waals surface area contributed by atoms with E-state index >= 15 is 0 Å². The minimum absolute atomic E-state index is 0.255. The van der Waals surface area contributed by atoms with Gasteiger partial charge in [0.25, 0.3) is 5.91 Å². The molecule has 2 N–H and O–H groups in total. The van der Waals surface area contributed by atoms with Crippen molar-refractivity contribution in [3.8, 4) is 17.2 Å². The number of amides is 1. The molecular weight excluding hydrogens is 500 g/mol. The molecule has 0 spiro atoms. The smallest absolute Gasteiger partial charge is 0.341 e. The zero-order valence-corrected chi connectivity index (χ0v) is 18.0. The van der Waals surface area contributed by atoms with Gasteiger partial charge in [0.15, 0.2) is 18.1 Å². The van der Waals surface area contributed by atoms with E-state index in [1.807, 2.05) is 0 Å². The van der Waals surface area contributed by atoms with Crippen LogP contribution < -0.4 is 19.6 Å². The molecule has 0 aliphatic carbocycles. The van der Waals surface area contributed by atoms with Crippen molar-refractivity contribution in [1.29, 1.82) is 0 Å². The van der Waals surface area contributed by atoms with Gasteiger partial charge in [-0.05, 0) is 51.8 Å². The number of rotatable bonds is 8. The highest BCUT2D eigenvalue weighted by Gasteiger charge is 2.14. The third kappa shape index (κ3) is 5.70. The lowest BCUT2D eigenvalue weighted by atomic mass is 10.2. The number of carbonyl (C=O) groups is 2. The Hall–Kier alpha value is -2.59. The first-order valence-corrected chi connectivity index (χ1v) is 9.33. The third-order valence-corrected chi connectivity index (χ3v) is 4.46. The van der Waals surface area contributed by atoms with Gasteiger partial charge in [-0.2, -0.15) is 5.10 Å². The van der Waals surface area contributed by atoms with Crippen LogP contribution in [0.3, 0.4) is 0 Å². The number of aliphatic carboxylic acids is 1. The zero-order chi connectivity index (χ0) is 20.7. The normalized spacial score (nSPS) is 10.6. The summed E-state index contributed by atoms with van der Waals surface area (Å²) in [4.78, 5) is 23.0. The first kappa shape index (κ1) is 21.7. The van der Waals surface area contributed by atoms with Gasteiger partial charge in [0.2, 0.25) is 0 Å². The van der Waals surface area contributed by atoms with E-state index in [0.29, 0.717) is 27.1 Å². The topological polar surface area (TPSA) is 106 Å². The number of methoxy groups -OCH3 is 2. The van der Waals surface area contributed by atoms with E-state index in [1.165, 1.54) is 20.4 Å². The summed E-state index contributed by atoms with van der Waals surface area (Å²) in [7, 11) is 2.90. The first-order chi connectivity index (χ1) is 13.3. The molecule has 2 aromatic carbocycles. The van der Waals surface area contributed by atoms with Gasteiger partial charge in [-0.25, -0.2) is 10.2 Å². The molecule has 0 heterocycles. The highest BCUT2D eigenvalue weighted by atomic mass is 79.9. The van der Waals surface area contributed by atoms with Crippen LogP contribution in [0.25, 0.3) is 0 Å². The molecular formula is C18H16Br2N2O6. The summed E-state index contributed by atoms with van der Waals surface area (Å²) in [5.41, 5.74) is 3.34. The molecule has 8 nitrogen and oxygen atoms in total. The Morgan fingerprint density at radius 2 is 1.86 bits per heavy atom. The number of nitrogens with zero attached hydrogens (tertiary/aromatic N) is 1. The fraction of sp³-hybridized carbons (Fsp3) is 0.167. The van der Waals surface area contributed by atoms with Crippen molar-refractivity contribution in [2.45, 2.75) is 0 Å². The average Bonchev–Trinajstić information content (AvgIpc) is 2.66. The maximum atomic E-state index is 12.3. The lowest BCUT2D eigenvalue weighted by Gasteiger charge is -2.12. The van der Waals surface area contributed by atoms with Crippen LogP contribution in [0, 0.1) is 0 Å². The molecule has 148 valence electrons. The Labute approximate surface area is 177 Å². The van der Waals surface area contributed by atoms with Crippen LogP contribution in [-0.2, 0) is 4.79 Å². The maximum absolute atomic E-state index is 12.3. The summed E-state index contributed by atoms with van der Waals surface area (Å²) in [5.74, 6) is -0.561. The molecule has 0 aliphatic rings. The summed E-state index contributed by atoms with van der Waals surface area (Å²) in [6.45, 7) is -0.507. The minimum atomic E-state index is -1.11. The second-order valence-electron chi connectivity index (χ2n) is 5.26. The molecule has 0 aromatic heterocycles. The van der Waals surface area contributed by atoms with Crippen LogP contribution in [0.4, 0.5) is 0 Å². The van der Waals surface area contributed by atoms with Gasteiger partial charge >= 0.3 is 5.97 Å². The molecule has 0 unspecified atom stereocenters. The van der Waals surface area contributed by atoms with Crippen LogP contribution in [0.15, 0.2) is 44.4 Å². The number of benzene rings is 2. The number of carboxylic acid groups (broad SMARTS) is 1. The highest BCUT2D eigenvalue weighted by Crippen LogP contribution is 2.36. The van der Waals surface area contributed by atoms with E-state index in [1.54, 1.807) is 30.3 Å². The number of hydrazone groups is 1. The predicted octanol–water partition coefficient (Wildman–Crippen LogP) is 3.46. The number of carbonyl (C=O) groups excluding carboxylic acids is 1. The average molecular weight is 516 g/mol. The summed E-state index contributed by atoms with van der Waals surface area (Å²) >= 11 is 6.61. The Balaban J connectivity index is 2.16. The van der Waals surface area contributed by atoms with Gasteiger partial charge in [0.1, 0.15) is 5.75 Å².